The number of aromatic nitrogens is 3. The van der Waals surface area contributed by atoms with Gasteiger partial charge in [-0.3, -0.25) is 4.98 Å². The van der Waals surface area contributed by atoms with Crippen molar-refractivity contribution in [3.8, 4) is 5.69 Å². The van der Waals surface area contributed by atoms with Crippen LogP contribution in [-0.4, -0.2) is 14.8 Å². The molecule has 0 bridgehead atoms. The Labute approximate surface area is 136 Å². The molecule has 0 saturated heterocycles. The van der Waals surface area contributed by atoms with Gasteiger partial charge in [0.1, 0.15) is 0 Å². The quantitative estimate of drug-likeness (QED) is 0.672. The van der Waals surface area contributed by atoms with E-state index in [0.29, 0.717) is 0 Å². The van der Waals surface area contributed by atoms with Crippen molar-refractivity contribution in [2.45, 2.75) is 23.6 Å². The van der Waals surface area contributed by atoms with E-state index in [-0.39, 0.29) is 0 Å². The molecule has 0 fully saturated rings. The molecule has 0 radical (unpaired) electrons. The zero-order valence-electron chi connectivity index (χ0n) is 11.7. The maximum Gasteiger partial charge on any atom is 0.0832 e. The van der Waals surface area contributed by atoms with Gasteiger partial charge in [-0.05, 0) is 50.2 Å². The molecule has 0 saturated carbocycles. The van der Waals surface area contributed by atoms with Crippen LogP contribution in [-0.2, 0) is 0 Å². The lowest BCUT2D eigenvalue weighted by atomic mass is 10.3. The van der Waals surface area contributed by atoms with Gasteiger partial charge in [0.05, 0.1) is 28.2 Å². The lowest BCUT2D eigenvalue weighted by Crippen LogP contribution is -1.99. The average Bonchev–Trinajstić information content (AvgIpc) is 2.78. The summed E-state index contributed by atoms with van der Waals surface area (Å²) in [6, 6.07) is 12.3. The van der Waals surface area contributed by atoms with Gasteiger partial charge in [0, 0.05) is 15.6 Å². The number of halogens is 1. The van der Waals surface area contributed by atoms with E-state index in [9.17, 15) is 0 Å². The first kappa shape index (κ1) is 14.4. The number of hydrogen-bond donors (Lipinski definition) is 0. The van der Waals surface area contributed by atoms with Crippen molar-refractivity contribution in [1.82, 2.24) is 14.8 Å². The minimum atomic E-state index is 0.987. The summed E-state index contributed by atoms with van der Waals surface area (Å²) in [5.41, 5.74) is 3.15. The van der Waals surface area contributed by atoms with Gasteiger partial charge in [-0.2, -0.15) is 5.10 Å². The van der Waals surface area contributed by atoms with Crippen LogP contribution < -0.4 is 0 Å². The molecule has 0 aliphatic rings. The van der Waals surface area contributed by atoms with Gasteiger partial charge in [-0.1, -0.05) is 27.7 Å². The number of pyridine rings is 1. The van der Waals surface area contributed by atoms with Gasteiger partial charge < -0.3 is 0 Å². The Morgan fingerprint density at radius 1 is 1.10 bits per heavy atom. The van der Waals surface area contributed by atoms with Crippen molar-refractivity contribution in [3.63, 3.8) is 0 Å². The number of aryl methyl sites for hydroxylation is 1. The summed E-state index contributed by atoms with van der Waals surface area (Å²) in [6.45, 7) is 4.13. The third kappa shape index (κ3) is 3.04. The van der Waals surface area contributed by atoms with E-state index in [4.69, 9.17) is 0 Å². The van der Waals surface area contributed by atoms with E-state index in [0.717, 1.165) is 21.5 Å². The summed E-state index contributed by atoms with van der Waals surface area (Å²) >= 11 is 5.20. The zero-order valence-corrected chi connectivity index (χ0v) is 14.1. The Hall–Kier alpha value is -1.59. The molecule has 0 atom stereocenters. The van der Waals surface area contributed by atoms with Crippen LogP contribution in [0.1, 0.15) is 11.4 Å². The predicted octanol–water partition coefficient (Wildman–Crippen LogP) is 4.80. The standard InChI is InChI=1S/C16H14BrN3S/c1-11-16(21-15-7-5-13(17)6-8-15)12(2)20(19-11)14-4-3-9-18-10-14/h3-10H,1-2H3. The fourth-order valence-corrected chi connectivity index (χ4v) is 3.32. The summed E-state index contributed by atoms with van der Waals surface area (Å²) < 4.78 is 3.04. The van der Waals surface area contributed by atoms with Crippen LogP contribution in [0.15, 0.2) is 63.1 Å². The van der Waals surface area contributed by atoms with E-state index in [2.05, 4.69) is 57.2 Å². The molecule has 0 amide bonds. The van der Waals surface area contributed by atoms with E-state index in [1.165, 1.54) is 9.79 Å². The molecular weight excluding hydrogens is 346 g/mol. The summed E-state index contributed by atoms with van der Waals surface area (Å²) in [4.78, 5) is 6.56. The van der Waals surface area contributed by atoms with Crippen LogP contribution in [0.4, 0.5) is 0 Å². The molecule has 2 heterocycles. The first-order valence-corrected chi connectivity index (χ1v) is 8.16. The van der Waals surface area contributed by atoms with Crippen molar-refractivity contribution in [1.29, 1.82) is 0 Å². The molecule has 3 nitrogen and oxygen atoms in total. The van der Waals surface area contributed by atoms with Crippen molar-refractivity contribution >= 4 is 27.7 Å². The Bertz CT molecular complexity index is 751. The minimum absolute atomic E-state index is 0.987. The van der Waals surface area contributed by atoms with Crippen LogP contribution >= 0.6 is 27.7 Å². The monoisotopic (exact) mass is 359 g/mol. The molecule has 0 unspecified atom stereocenters. The van der Waals surface area contributed by atoms with Crippen LogP contribution in [0.2, 0.25) is 0 Å². The first-order chi connectivity index (χ1) is 10.1. The molecule has 0 aliphatic heterocycles. The summed E-state index contributed by atoms with van der Waals surface area (Å²) in [7, 11) is 0. The van der Waals surface area contributed by atoms with E-state index < -0.39 is 0 Å². The highest BCUT2D eigenvalue weighted by Crippen LogP contribution is 2.34. The van der Waals surface area contributed by atoms with Gasteiger partial charge >= 0.3 is 0 Å². The number of nitrogens with zero attached hydrogens (tertiary/aromatic N) is 3. The van der Waals surface area contributed by atoms with Gasteiger partial charge in [-0.25, -0.2) is 4.68 Å². The van der Waals surface area contributed by atoms with Crippen molar-refractivity contribution in [3.05, 3.63) is 64.7 Å². The maximum atomic E-state index is 4.64. The zero-order chi connectivity index (χ0) is 14.8. The smallest absolute Gasteiger partial charge is 0.0832 e. The predicted molar refractivity (Wildman–Crippen MR) is 89.1 cm³/mol. The lowest BCUT2D eigenvalue weighted by Gasteiger charge is -2.05. The molecule has 0 N–H and O–H groups in total. The lowest BCUT2D eigenvalue weighted by molar-refractivity contribution is 0.827. The molecule has 106 valence electrons. The molecule has 5 heteroatoms. The SMILES string of the molecule is Cc1nn(-c2cccnc2)c(C)c1Sc1ccc(Br)cc1. The summed E-state index contributed by atoms with van der Waals surface area (Å²) in [5, 5.41) is 4.64. The molecule has 1 aromatic carbocycles. The number of rotatable bonds is 3. The fraction of sp³-hybridized carbons (Fsp3) is 0.125. The Kier molecular flexibility index (Phi) is 4.12. The van der Waals surface area contributed by atoms with Crippen LogP contribution in [0.3, 0.4) is 0 Å². The van der Waals surface area contributed by atoms with Crippen LogP contribution in [0.25, 0.3) is 5.69 Å². The van der Waals surface area contributed by atoms with Crippen molar-refractivity contribution < 1.29 is 0 Å². The van der Waals surface area contributed by atoms with Gasteiger partial charge in [0.15, 0.2) is 0 Å². The highest BCUT2D eigenvalue weighted by molar-refractivity contribution is 9.10. The summed E-state index contributed by atoms with van der Waals surface area (Å²) in [6.07, 6.45) is 3.60. The largest absolute Gasteiger partial charge is 0.262 e. The highest BCUT2D eigenvalue weighted by Gasteiger charge is 2.14. The second kappa shape index (κ2) is 6.03. The molecule has 0 spiro atoms. The number of benzene rings is 1. The molecule has 3 rings (SSSR count). The third-order valence-electron chi connectivity index (χ3n) is 3.15. The molecule has 2 aromatic heterocycles. The Balaban J connectivity index is 1.97. The molecule has 3 aromatic rings. The molecule has 21 heavy (non-hydrogen) atoms. The van der Waals surface area contributed by atoms with Crippen LogP contribution in [0, 0.1) is 13.8 Å². The topological polar surface area (TPSA) is 30.7 Å². The van der Waals surface area contributed by atoms with Crippen molar-refractivity contribution in [2.24, 2.45) is 0 Å². The fourth-order valence-electron chi connectivity index (χ4n) is 2.13. The number of hydrogen-bond acceptors (Lipinski definition) is 3. The third-order valence-corrected chi connectivity index (χ3v) is 4.98. The molecular formula is C16H14BrN3S. The van der Waals surface area contributed by atoms with E-state index in [1.807, 2.05) is 29.9 Å². The second-order valence-electron chi connectivity index (χ2n) is 4.68. The second-order valence-corrected chi connectivity index (χ2v) is 6.68. The average molecular weight is 360 g/mol. The minimum Gasteiger partial charge on any atom is -0.262 e. The van der Waals surface area contributed by atoms with E-state index >= 15 is 0 Å². The summed E-state index contributed by atoms with van der Waals surface area (Å²) in [5.74, 6) is 0. The van der Waals surface area contributed by atoms with Crippen LogP contribution in [0.5, 0.6) is 0 Å². The maximum absolute atomic E-state index is 4.64. The molecule has 0 aliphatic carbocycles. The van der Waals surface area contributed by atoms with Gasteiger partial charge in [0.25, 0.3) is 0 Å². The Morgan fingerprint density at radius 3 is 2.52 bits per heavy atom. The van der Waals surface area contributed by atoms with Crippen molar-refractivity contribution in [2.75, 3.05) is 0 Å². The normalized spacial score (nSPS) is 10.8. The highest BCUT2D eigenvalue weighted by atomic mass is 79.9. The van der Waals surface area contributed by atoms with Gasteiger partial charge in [-0.15, -0.1) is 0 Å². The Morgan fingerprint density at radius 2 is 1.86 bits per heavy atom. The van der Waals surface area contributed by atoms with Gasteiger partial charge in [0.2, 0.25) is 0 Å². The first-order valence-electron chi connectivity index (χ1n) is 6.55. The van der Waals surface area contributed by atoms with E-state index in [1.54, 1.807) is 18.0 Å².